The fraction of sp³-hybridized carbons (Fsp3) is 0.167. The molecule has 12 heavy (non-hydrogen) atoms. The first-order chi connectivity index (χ1) is 5.52. The minimum atomic E-state index is -0.545. The van der Waals surface area contributed by atoms with Crippen molar-refractivity contribution < 1.29 is 4.92 Å². The average molecular weight is 251 g/mol. The molecule has 0 aliphatic heterocycles. The van der Waals surface area contributed by atoms with E-state index in [2.05, 4.69) is 20.9 Å². The minimum absolute atomic E-state index is 0.0966. The van der Waals surface area contributed by atoms with Gasteiger partial charge in [0, 0.05) is 0 Å². The summed E-state index contributed by atoms with van der Waals surface area (Å²) < 4.78 is 0.496. The molecule has 0 bridgehead atoms. The third-order valence-corrected chi connectivity index (χ3v) is 1.97. The summed E-state index contributed by atoms with van der Waals surface area (Å²) in [5, 5.41) is 10.5. The monoisotopic (exact) mass is 250 g/mol. The number of nitro groups is 1. The Hall–Kier alpha value is -0.680. The van der Waals surface area contributed by atoms with E-state index in [1.807, 2.05) is 0 Å². The van der Waals surface area contributed by atoms with Gasteiger partial charge >= 0.3 is 5.69 Å². The van der Waals surface area contributed by atoms with Gasteiger partial charge in [0.25, 0.3) is 0 Å². The number of aromatic nitrogens is 1. The number of hydrogen-bond donors (Lipinski definition) is 0. The van der Waals surface area contributed by atoms with Crippen LogP contribution in [0.25, 0.3) is 0 Å². The number of nitrogens with zero attached hydrogens (tertiary/aromatic N) is 2. The molecule has 0 saturated heterocycles. The van der Waals surface area contributed by atoms with Crippen LogP contribution in [0.3, 0.4) is 0 Å². The highest BCUT2D eigenvalue weighted by Gasteiger charge is 2.17. The number of pyridine rings is 1. The molecule has 1 aromatic rings. The zero-order valence-corrected chi connectivity index (χ0v) is 8.39. The second kappa shape index (κ2) is 3.37. The normalized spacial score (nSPS) is 9.92. The summed E-state index contributed by atoms with van der Waals surface area (Å²) in [4.78, 5) is 13.7. The second-order valence-electron chi connectivity index (χ2n) is 2.12. The van der Waals surface area contributed by atoms with Gasteiger partial charge in [0.2, 0.25) is 0 Å². The molecule has 0 N–H and O–H groups in total. The van der Waals surface area contributed by atoms with Gasteiger partial charge in [-0.15, -0.1) is 0 Å². The maximum Gasteiger partial charge on any atom is 0.308 e. The molecule has 4 nitrogen and oxygen atoms in total. The predicted molar refractivity (Wildman–Crippen MR) is 48.3 cm³/mol. The molecule has 0 aliphatic carbocycles. The molecule has 0 amide bonds. The summed E-state index contributed by atoms with van der Waals surface area (Å²) in [5.41, 5.74) is 0.166. The van der Waals surface area contributed by atoms with Crippen molar-refractivity contribution in [1.82, 2.24) is 4.98 Å². The molecule has 0 unspecified atom stereocenters. The lowest BCUT2D eigenvalue weighted by molar-refractivity contribution is -0.385. The molecule has 0 aliphatic rings. The Balaban J connectivity index is 3.38. The van der Waals surface area contributed by atoms with E-state index in [9.17, 15) is 10.1 Å². The fourth-order valence-electron chi connectivity index (χ4n) is 0.811. The topological polar surface area (TPSA) is 56.0 Å². The Morgan fingerprint density at radius 1 is 1.75 bits per heavy atom. The lowest BCUT2D eigenvalue weighted by Crippen LogP contribution is -1.95. The van der Waals surface area contributed by atoms with E-state index in [-0.39, 0.29) is 10.7 Å². The Bertz CT molecular complexity index is 319. The van der Waals surface area contributed by atoms with Gasteiger partial charge in [0.15, 0.2) is 0 Å². The van der Waals surface area contributed by atoms with Crippen LogP contribution in [0.2, 0.25) is 5.02 Å². The highest BCUT2D eigenvalue weighted by Crippen LogP contribution is 2.28. The van der Waals surface area contributed by atoms with Crippen molar-refractivity contribution in [1.29, 1.82) is 0 Å². The summed E-state index contributed by atoms with van der Waals surface area (Å²) >= 11 is 8.70. The number of rotatable bonds is 1. The highest BCUT2D eigenvalue weighted by molar-refractivity contribution is 9.10. The van der Waals surface area contributed by atoms with E-state index in [1.165, 1.54) is 13.0 Å². The van der Waals surface area contributed by atoms with Crippen LogP contribution in [0.15, 0.2) is 10.7 Å². The molecule has 0 atom stereocenters. The standard InChI is InChI=1S/C6H4BrClN2O2/c1-3-6(10(11)12)4(8)2-5(7)9-3/h2H,1H3. The molecule has 0 aromatic carbocycles. The summed E-state index contributed by atoms with van der Waals surface area (Å²) in [6.45, 7) is 1.54. The molecule has 1 heterocycles. The number of halogens is 2. The van der Waals surface area contributed by atoms with Crippen LogP contribution in [0.1, 0.15) is 5.69 Å². The molecule has 0 radical (unpaired) electrons. The maximum atomic E-state index is 10.4. The van der Waals surface area contributed by atoms with Crippen molar-refractivity contribution in [3.05, 3.63) is 31.5 Å². The Morgan fingerprint density at radius 3 is 2.75 bits per heavy atom. The SMILES string of the molecule is Cc1nc(Br)cc(Cl)c1[N+](=O)[O-]. The van der Waals surface area contributed by atoms with Gasteiger partial charge in [-0.1, -0.05) is 11.6 Å². The van der Waals surface area contributed by atoms with Gasteiger partial charge in [-0.05, 0) is 28.9 Å². The van der Waals surface area contributed by atoms with Crippen LogP contribution in [0, 0.1) is 17.0 Å². The van der Waals surface area contributed by atoms with Crippen LogP contribution < -0.4 is 0 Å². The van der Waals surface area contributed by atoms with Crippen LogP contribution in [-0.2, 0) is 0 Å². The molecule has 6 heteroatoms. The summed E-state index contributed by atoms with van der Waals surface area (Å²) in [5.74, 6) is 0. The van der Waals surface area contributed by atoms with Crippen LogP contribution in [0.4, 0.5) is 5.69 Å². The summed E-state index contributed by atoms with van der Waals surface area (Å²) in [7, 11) is 0. The first-order valence-corrected chi connectivity index (χ1v) is 4.16. The van der Waals surface area contributed by atoms with Crippen molar-refractivity contribution in [2.75, 3.05) is 0 Å². The van der Waals surface area contributed by atoms with Gasteiger partial charge in [0.1, 0.15) is 15.3 Å². The second-order valence-corrected chi connectivity index (χ2v) is 3.34. The molecule has 0 saturated carbocycles. The van der Waals surface area contributed by atoms with E-state index < -0.39 is 4.92 Å². The Morgan fingerprint density at radius 2 is 2.33 bits per heavy atom. The predicted octanol–water partition coefficient (Wildman–Crippen LogP) is 2.71. The Kier molecular flexibility index (Phi) is 2.64. The summed E-state index contributed by atoms with van der Waals surface area (Å²) in [6, 6.07) is 1.40. The van der Waals surface area contributed by atoms with Crippen molar-refractivity contribution in [3.8, 4) is 0 Å². The van der Waals surface area contributed by atoms with E-state index in [0.717, 1.165) is 0 Å². The zero-order chi connectivity index (χ0) is 9.30. The third-order valence-electron chi connectivity index (χ3n) is 1.27. The van der Waals surface area contributed by atoms with E-state index >= 15 is 0 Å². The van der Waals surface area contributed by atoms with Crippen molar-refractivity contribution in [3.63, 3.8) is 0 Å². The van der Waals surface area contributed by atoms with E-state index in [0.29, 0.717) is 10.3 Å². The highest BCUT2D eigenvalue weighted by atomic mass is 79.9. The lowest BCUT2D eigenvalue weighted by atomic mass is 10.3. The summed E-state index contributed by atoms with van der Waals surface area (Å²) in [6.07, 6.45) is 0. The lowest BCUT2D eigenvalue weighted by Gasteiger charge is -1.98. The van der Waals surface area contributed by atoms with Crippen LogP contribution in [0.5, 0.6) is 0 Å². The van der Waals surface area contributed by atoms with Gasteiger partial charge in [-0.3, -0.25) is 10.1 Å². The van der Waals surface area contributed by atoms with E-state index in [4.69, 9.17) is 11.6 Å². The minimum Gasteiger partial charge on any atom is -0.258 e. The number of hydrogen-bond acceptors (Lipinski definition) is 3. The molecule has 64 valence electrons. The zero-order valence-electron chi connectivity index (χ0n) is 6.04. The molecule has 0 spiro atoms. The first kappa shape index (κ1) is 9.41. The smallest absolute Gasteiger partial charge is 0.258 e. The molecular weight excluding hydrogens is 247 g/mol. The van der Waals surface area contributed by atoms with Gasteiger partial charge in [-0.2, -0.15) is 0 Å². The quantitative estimate of drug-likeness (QED) is 0.438. The van der Waals surface area contributed by atoms with Crippen LogP contribution >= 0.6 is 27.5 Å². The molecular formula is C6H4BrClN2O2. The van der Waals surface area contributed by atoms with Gasteiger partial charge < -0.3 is 0 Å². The first-order valence-electron chi connectivity index (χ1n) is 2.99. The average Bonchev–Trinajstić information content (AvgIpc) is 1.82. The van der Waals surface area contributed by atoms with Crippen molar-refractivity contribution in [2.45, 2.75) is 6.92 Å². The maximum absolute atomic E-state index is 10.4. The molecule has 1 rings (SSSR count). The largest absolute Gasteiger partial charge is 0.308 e. The molecule has 1 aromatic heterocycles. The molecule has 0 fully saturated rings. The third kappa shape index (κ3) is 1.73. The van der Waals surface area contributed by atoms with E-state index in [1.54, 1.807) is 0 Å². The van der Waals surface area contributed by atoms with Gasteiger partial charge in [-0.25, -0.2) is 4.98 Å². The van der Waals surface area contributed by atoms with Crippen LogP contribution in [-0.4, -0.2) is 9.91 Å². The number of aryl methyl sites for hydroxylation is 1. The van der Waals surface area contributed by atoms with Crippen molar-refractivity contribution in [2.24, 2.45) is 0 Å². The van der Waals surface area contributed by atoms with Gasteiger partial charge in [0.05, 0.1) is 4.92 Å². The Labute approximate surface area is 81.8 Å². The fourth-order valence-corrected chi connectivity index (χ4v) is 1.75. The van der Waals surface area contributed by atoms with Crippen molar-refractivity contribution >= 4 is 33.2 Å².